The topological polar surface area (TPSA) is 27.3 Å². The molecule has 1 rings (SSSR count). The molecule has 3 nitrogen and oxygen atoms in total. The van der Waals surface area contributed by atoms with Crippen molar-refractivity contribution in [3.8, 4) is 0 Å². The average molecular weight is 199 g/mol. The number of nitrogens with zero attached hydrogens (tertiary/aromatic N) is 1. The summed E-state index contributed by atoms with van der Waals surface area (Å²) in [7, 11) is 2.07. The molecule has 0 bridgehead atoms. The fraction of sp³-hybridized carbons (Fsp3) is 1.00. The first kappa shape index (κ1) is 12.0. The smallest absolute Gasteiger partial charge is 0.0307 e. The summed E-state index contributed by atoms with van der Waals surface area (Å²) in [6.45, 7) is 11.6. The second-order valence-electron chi connectivity index (χ2n) is 4.64. The van der Waals surface area contributed by atoms with Crippen molar-refractivity contribution in [2.75, 3.05) is 33.2 Å². The van der Waals surface area contributed by atoms with E-state index in [1.165, 1.54) is 19.5 Å². The lowest BCUT2D eigenvalue weighted by Crippen LogP contribution is -2.61. The van der Waals surface area contributed by atoms with Gasteiger partial charge in [0.1, 0.15) is 0 Å². The fourth-order valence-electron chi connectivity index (χ4n) is 2.52. The minimum Gasteiger partial charge on any atom is -0.315 e. The Balaban J connectivity index is 2.60. The van der Waals surface area contributed by atoms with E-state index in [0.717, 1.165) is 13.1 Å². The van der Waals surface area contributed by atoms with E-state index in [4.69, 9.17) is 0 Å². The minimum absolute atomic E-state index is 0.269. The molecule has 1 atom stereocenters. The summed E-state index contributed by atoms with van der Waals surface area (Å²) in [5, 5.41) is 6.83. The van der Waals surface area contributed by atoms with E-state index in [-0.39, 0.29) is 5.54 Å². The van der Waals surface area contributed by atoms with Gasteiger partial charge in [-0.15, -0.1) is 0 Å². The van der Waals surface area contributed by atoms with Gasteiger partial charge in [0, 0.05) is 37.8 Å². The van der Waals surface area contributed by atoms with Crippen molar-refractivity contribution in [1.82, 2.24) is 15.5 Å². The monoisotopic (exact) mass is 199 g/mol. The van der Waals surface area contributed by atoms with Crippen molar-refractivity contribution in [1.29, 1.82) is 0 Å². The van der Waals surface area contributed by atoms with Crippen molar-refractivity contribution in [2.24, 2.45) is 0 Å². The highest BCUT2D eigenvalue weighted by Gasteiger charge is 2.33. The first-order chi connectivity index (χ1) is 6.62. The third-order valence-electron chi connectivity index (χ3n) is 3.54. The number of hydrogen-bond acceptors (Lipinski definition) is 3. The van der Waals surface area contributed by atoms with Gasteiger partial charge < -0.3 is 10.6 Å². The second kappa shape index (κ2) is 5.10. The number of rotatable bonds is 4. The van der Waals surface area contributed by atoms with Crippen LogP contribution in [0.2, 0.25) is 0 Å². The van der Waals surface area contributed by atoms with Crippen LogP contribution in [0.3, 0.4) is 0 Å². The molecule has 0 aromatic carbocycles. The van der Waals surface area contributed by atoms with Crippen LogP contribution in [0.15, 0.2) is 0 Å². The lowest BCUT2D eigenvalue weighted by atomic mass is 9.90. The molecule has 0 saturated carbocycles. The summed E-state index contributed by atoms with van der Waals surface area (Å²) in [6, 6.07) is 0.584. The summed E-state index contributed by atoms with van der Waals surface area (Å²) in [5.41, 5.74) is 0.269. The van der Waals surface area contributed by atoms with E-state index >= 15 is 0 Å². The third-order valence-corrected chi connectivity index (χ3v) is 3.54. The first-order valence-electron chi connectivity index (χ1n) is 5.76. The molecule has 1 unspecified atom stereocenters. The van der Waals surface area contributed by atoms with E-state index in [1.54, 1.807) is 0 Å². The largest absolute Gasteiger partial charge is 0.315 e. The van der Waals surface area contributed by atoms with Gasteiger partial charge in [0.2, 0.25) is 0 Å². The summed E-state index contributed by atoms with van der Waals surface area (Å²) >= 11 is 0. The molecule has 0 aromatic rings. The van der Waals surface area contributed by atoms with Crippen molar-refractivity contribution in [3.63, 3.8) is 0 Å². The predicted molar refractivity (Wildman–Crippen MR) is 61.7 cm³/mol. The second-order valence-corrected chi connectivity index (χ2v) is 4.64. The Morgan fingerprint density at radius 1 is 1.36 bits per heavy atom. The van der Waals surface area contributed by atoms with Crippen molar-refractivity contribution < 1.29 is 0 Å². The zero-order valence-electron chi connectivity index (χ0n) is 10.1. The Morgan fingerprint density at radius 2 is 1.93 bits per heavy atom. The molecule has 0 amide bonds. The van der Waals surface area contributed by atoms with Crippen molar-refractivity contribution in [2.45, 2.75) is 38.8 Å². The maximum Gasteiger partial charge on any atom is 0.0307 e. The Morgan fingerprint density at radius 3 is 2.36 bits per heavy atom. The molecule has 14 heavy (non-hydrogen) atoms. The van der Waals surface area contributed by atoms with Crippen LogP contribution >= 0.6 is 0 Å². The van der Waals surface area contributed by atoms with Crippen LogP contribution in [0.5, 0.6) is 0 Å². The van der Waals surface area contributed by atoms with Crippen LogP contribution < -0.4 is 10.6 Å². The lowest BCUT2D eigenvalue weighted by molar-refractivity contribution is 0.0688. The van der Waals surface area contributed by atoms with Gasteiger partial charge >= 0.3 is 0 Å². The highest BCUT2D eigenvalue weighted by atomic mass is 15.3. The van der Waals surface area contributed by atoms with E-state index < -0.39 is 0 Å². The molecule has 0 aliphatic carbocycles. The molecule has 1 heterocycles. The zero-order valence-corrected chi connectivity index (χ0v) is 10.1. The number of likely N-dealkylation sites (N-methyl/N-ethyl adjacent to an activating group) is 1. The molecule has 2 N–H and O–H groups in total. The molecule has 1 fully saturated rings. The van der Waals surface area contributed by atoms with Gasteiger partial charge in [0.25, 0.3) is 0 Å². The third kappa shape index (κ3) is 2.47. The number of piperazine rings is 1. The van der Waals surface area contributed by atoms with Crippen molar-refractivity contribution >= 4 is 0 Å². The Kier molecular flexibility index (Phi) is 4.35. The summed E-state index contributed by atoms with van der Waals surface area (Å²) in [6.07, 6.45) is 1.19. The van der Waals surface area contributed by atoms with Crippen LogP contribution in [-0.2, 0) is 0 Å². The standard InChI is InChI=1S/C11H25N3/c1-5-10(12-4)11(2,3)14-8-6-13-7-9-14/h10,12-13H,5-9H2,1-4H3. The maximum absolute atomic E-state index is 3.43. The van der Waals surface area contributed by atoms with Gasteiger partial charge in [-0.1, -0.05) is 6.92 Å². The van der Waals surface area contributed by atoms with Gasteiger partial charge in [0.05, 0.1) is 0 Å². The Hall–Kier alpha value is -0.120. The van der Waals surface area contributed by atoms with Gasteiger partial charge in [0.15, 0.2) is 0 Å². The molecule has 0 radical (unpaired) electrons. The van der Waals surface area contributed by atoms with Crippen LogP contribution in [0.4, 0.5) is 0 Å². The molecular formula is C11H25N3. The van der Waals surface area contributed by atoms with Crippen molar-refractivity contribution in [3.05, 3.63) is 0 Å². The van der Waals surface area contributed by atoms with Gasteiger partial charge in [-0.25, -0.2) is 0 Å². The van der Waals surface area contributed by atoms with E-state index in [9.17, 15) is 0 Å². The number of nitrogens with one attached hydrogen (secondary N) is 2. The molecule has 3 heteroatoms. The molecule has 0 aromatic heterocycles. The lowest BCUT2D eigenvalue weighted by Gasteiger charge is -2.45. The SMILES string of the molecule is CCC(NC)C(C)(C)N1CCNCC1. The zero-order chi connectivity index (χ0) is 10.6. The summed E-state index contributed by atoms with van der Waals surface area (Å²) < 4.78 is 0. The molecular weight excluding hydrogens is 174 g/mol. The van der Waals surface area contributed by atoms with Crippen LogP contribution in [0, 0.1) is 0 Å². The van der Waals surface area contributed by atoms with E-state index in [1.807, 2.05) is 0 Å². The van der Waals surface area contributed by atoms with E-state index in [0.29, 0.717) is 6.04 Å². The fourth-order valence-corrected chi connectivity index (χ4v) is 2.52. The maximum atomic E-state index is 3.43. The van der Waals surface area contributed by atoms with Crippen LogP contribution in [0.1, 0.15) is 27.2 Å². The molecule has 84 valence electrons. The van der Waals surface area contributed by atoms with Gasteiger partial charge in [-0.3, -0.25) is 4.90 Å². The number of hydrogen-bond donors (Lipinski definition) is 2. The first-order valence-corrected chi connectivity index (χ1v) is 5.76. The van der Waals surface area contributed by atoms with Crippen LogP contribution in [-0.4, -0.2) is 49.7 Å². The minimum atomic E-state index is 0.269. The normalized spacial score (nSPS) is 22.3. The summed E-state index contributed by atoms with van der Waals surface area (Å²) in [5.74, 6) is 0. The quantitative estimate of drug-likeness (QED) is 0.697. The van der Waals surface area contributed by atoms with E-state index in [2.05, 4.69) is 43.4 Å². The highest BCUT2D eigenvalue weighted by Crippen LogP contribution is 2.21. The molecule has 0 spiro atoms. The molecule has 1 aliphatic heterocycles. The van der Waals surface area contributed by atoms with Crippen LogP contribution in [0.25, 0.3) is 0 Å². The predicted octanol–water partition coefficient (Wildman–Crippen LogP) is 0.668. The Bertz CT molecular complexity index is 158. The van der Waals surface area contributed by atoms with Gasteiger partial charge in [-0.2, -0.15) is 0 Å². The molecule has 1 saturated heterocycles. The van der Waals surface area contributed by atoms with Gasteiger partial charge in [-0.05, 0) is 27.3 Å². The Labute approximate surface area is 88.2 Å². The molecule has 1 aliphatic rings. The summed E-state index contributed by atoms with van der Waals surface area (Å²) in [4.78, 5) is 2.59. The average Bonchev–Trinajstić information content (AvgIpc) is 2.20. The highest BCUT2D eigenvalue weighted by molar-refractivity contribution is 4.93.